The van der Waals surface area contributed by atoms with Crippen LogP contribution in [0.15, 0.2) is 52.0 Å². The molecule has 0 aromatic heterocycles. The molecule has 132 valence electrons. The van der Waals surface area contributed by atoms with Gasteiger partial charge in [0.05, 0.1) is 10.2 Å². The van der Waals surface area contributed by atoms with E-state index >= 15 is 0 Å². The molecule has 0 fully saturated rings. The molecule has 0 aliphatic rings. The Bertz CT molecular complexity index is 788. The molecular formula is C19H22BrN3O2. The van der Waals surface area contributed by atoms with Gasteiger partial charge in [0.25, 0.3) is 5.91 Å². The molecule has 6 heteroatoms. The van der Waals surface area contributed by atoms with Gasteiger partial charge >= 0.3 is 0 Å². The van der Waals surface area contributed by atoms with Gasteiger partial charge in [-0.15, -0.1) is 0 Å². The van der Waals surface area contributed by atoms with Crippen molar-refractivity contribution in [3.05, 3.63) is 58.1 Å². The molecule has 5 nitrogen and oxygen atoms in total. The van der Waals surface area contributed by atoms with Gasteiger partial charge in [0, 0.05) is 5.69 Å². The van der Waals surface area contributed by atoms with Crippen molar-refractivity contribution in [1.82, 2.24) is 5.43 Å². The number of benzene rings is 2. The van der Waals surface area contributed by atoms with Crippen LogP contribution in [-0.2, 0) is 4.79 Å². The number of hydrazone groups is 1. The summed E-state index contributed by atoms with van der Waals surface area (Å²) < 4.78 is 6.37. The van der Waals surface area contributed by atoms with E-state index in [9.17, 15) is 4.79 Å². The number of hydrogen-bond donors (Lipinski definition) is 2. The monoisotopic (exact) mass is 403 g/mol. The molecule has 25 heavy (non-hydrogen) atoms. The number of nitrogens with one attached hydrogen (secondary N) is 1. The van der Waals surface area contributed by atoms with E-state index in [2.05, 4.69) is 40.3 Å². The Morgan fingerprint density at radius 1 is 1.28 bits per heavy atom. The third-order valence-corrected chi connectivity index (χ3v) is 4.25. The number of hydrogen-bond acceptors (Lipinski definition) is 4. The molecule has 0 radical (unpaired) electrons. The second-order valence-electron chi connectivity index (χ2n) is 5.99. The van der Waals surface area contributed by atoms with E-state index in [0.29, 0.717) is 23.1 Å². The van der Waals surface area contributed by atoms with E-state index in [1.54, 1.807) is 19.1 Å². The number of nitrogens with zero attached hydrogens (tertiary/aromatic N) is 1. The molecule has 0 aliphatic carbocycles. The first-order valence-electron chi connectivity index (χ1n) is 7.98. The van der Waals surface area contributed by atoms with Gasteiger partial charge in [-0.1, -0.05) is 32.0 Å². The lowest BCUT2D eigenvalue weighted by Crippen LogP contribution is -2.25. The minimum Gasteiger partial charge on any atom is -0.483 e. The molecule has 0 saturated carbocycles. The molecule has 2 rings (SSSR count). The summed E-state index contributed by atoms with van der Waals surface area (Å²) in [6.07, 6.45) is 0. The molecular weight excluding hydrogens is 382 g/mol. The van der Waals surface area contributed by atoms with Crippen molar-refractivity contribution in [2.24, 2.45) is 5.10 Å². The van der Waals surface area contributed by atoms with Crippen LogP contribution in [0.3, 0.4) is 0 Å². The number of halogens is 1. The van der Waals surface area contributed by atoms with Crippen molar-refractivity contribution in [3.8, 4) is 5.75 Å². The summed E-state index contributed by atoms with van der Waals surface area (Å²) in [6, 6.07) is 13.2. The van der Waals surface area contributed by atoms with Gasteiger partial charge in [0.1, 0.15) is 5.75 Å². The Morgan fingerprint density at radius 2 is 2.04 bits per heavy atom. The van der Waals surface area contributed by atoms with E-state index in [1.807, 2.05) is 30.3 Å². The Labute approximate surface area is 156 Å². The third kappa shape index (κ3) is 5.60. The Hall–Kier alpha value is -2.34. The molecule has 0 atom stereocenters. The Morgan fingerprint density at radius 3 is 2.68 bits per heavy atom. The second kappa shape index (κ2) is 8.67. The summed E-state index contributed by atoms with van der Waals surface area (Å²) >= 11 is 3.47. The highest BCUT2D eigenvalue weighted by atomic mass is 79.9. The maximum absolute atomic E-state index is 11.9. The van der Waals surface area contributed by atoms with Crippen LogP contribution in [-0.4, -0.2) is 18.2 Å². The van der Waals surface area contributed by atoms with E-state index in [-0.39, 0.29) is 12.5 Å². The van der Waals surface area contributed by atoms with E-state index in [1.165, 1.54) is 5.56 Å². The first-order valence-corrected chi connectivity index (χ1v) is 8.77. The lowest BCUT2D eigenvalue weighted by molar-refractivity contribution is -0.123. The summed E-state index contributed by atoms with van der Waals surface area (Å²) in [7, 11) is 0. The van der Waals surface area contributed by atoms with Crippen molar-refractivity contribution < 1.29 is 9.53 Å². The molecule has 2 aromatic rings. The number of anilines is 1. The van der Waals surface area contributed by atoms with Crippen LogP contribution in [0, 0.1) is 0 Å². The second-order valence-corrected chi connectivity index (χ2v) is 6.85. The summed E-state index contributed by atoms with van der Waals surface area (Å²) in [5.41, 5.74) is 11.6. The van der Waals surface area contributed by atoms with E-state index in [4.69, 9.17) is 10.5 Å². The average Bonchev–Trinajstić information content (AvgIpc) is 2.58. The Kier molecular flexibility index (Phi) is 6.58. The van der Waals surface area contributed by atoms with Gasteiger partial charge in [-0.2, -0.15) is 5.10 Å². The fourth-order valence-corrected chi connectivity index (χ4v) is 2.65. The van der Waals surface area contributed by atoms with Gasteiger partial charge in [0.15, 0.2) is 6.61 Å². The predicted molar refractivity (Wildman–Crippen MR) is 105 cm³/mol. The first-order chi connectivity index (χ1) is 11.9. The highest BCUT2D eigenvalue weighted by Gasteiger charge is 2.08. The molecule has 0 heterocycles. The largest absolute Gasteiger partial charge is 0.483 e. The summed E-state index contributed by atoms with van der Waals surface area (Å²) in [5.74, 6) is 0.720. The van der Waals surface area contributed by atoms with Crippen LogP contribution in [0.25, 0.3) is 0 Å². The van der Waals surface area contributed by atoms with Crippen molar-refractivity contribution in [3.63, 3.8) is 0 Å². The summed E-state index contributed by atoms with van der Waals surface area (Å²) in [4.78, 5) is 11.9. The number of carbonyl (C=O) groups is 1. The van der Waals surface area contributed by atoms with Crippen molar-refractivity contribution in [1.29, 1.82) is 0 Å². The smallest absolute Gasteiger partial charge is 0.277 e. The minimum atomic E-state index is -0.330. The molecule has 0 spiro atoms. The normalized spacial score (nSPS) is 11.5. The Balaban J connectivity index is 1.91. The van der Waals surface area contributed by atoms with E-state index in [0.717, 1.165) is 10.0 Å². The number of nitrogen functional groups attached to an aromatic ring is 1. The van der Waals surface area contributed by atoms with Gasteiger partial charge in [-0.05, 0) is 64.2 Å². The van der Waals surface area contributed by atoms with Gasteiger partial charge < -0.3 is 10.5 Å². The van der Waals surface area contributed by atoms with Crippen LogP contribution in [0.5, 0.6) is 5.75 Å². The zero-order valence-corrected chi connectivity index (χ0v) is 16.1. The fourth-order valence-electron chi connectivity index (χ4n) is 2.14. The maximum Gasteiger partial charge on any atom is 0.277 e. The average molecular weight is 404 g/mol. The SMILES string of the molecule is C/C(=N\NC(=O)COc1ccc(C(C)C)cc1Br)c1cccc(N)c1. The number of nitrogens with two attached hydrogens (primary N) is 1. The maximum atomic E-state index is 11.9. The van der Waals surface area contributed by atoms with Crippen LogP contribution in [0.1, 0.15) is 37.8 Å². The lowest BCUT2D eigenvalue weighted by Gasteiger charge is -2.11. The van der Waals surface area contributed by atoms with Gasteiger partial charge in [-0.25, -0.2) is 5.43 Å². The van der Waals surface area contributed by atoms with Crippen molar-refractivity contribution in [2.75, 3.05) is 12.3 Å². The number of ether oxygens (including phenoxy) is 1. The molecule has 1 amide bonds. The topological polar surface area (TPSA) is 76.7 Å². The molecule has 0 aliphatic heterocycles. The number of amides is 1. The number of rotatable bonds is 6. The van der Waals surface area contributed by atoms with Gasteiger partial charge in [0.2, 0.25) is 0 Å². The van der Waals surface area contributed by atoms with Crippen LogP contribution < -0.4 is 15.9 Å². The first kappa shape index (κ1) is 19.0. The van der Waals surface area contributed by atoms with Crippen molar-refractivity contribution >= 4 is 33.2 Å². The van der Waals surface area contributed by atoms with Crippen LogP contribution >= 0.6 is 15.9 Å². The van der Waals surface area contributed by atoms with E-state index < -0.39 is 0 Å². The minimum absolute atomic E-state index is 0.118. The highest BCUT2D eigenvalue weighted by Crippen LogP contribution is 2.28. The summed E-state index contributed by atoms with van der Waals surface area (Å²) in [5, 5.41) is 4.08. The third-order valence-electron chi connectivity index (χ3n) is 3.63. The molecule has 0 bridgehead atoms. The lowest BCUT2D eigenvalue weighted by atomic mass is 10.0. The number of carbonyl (C=O) groups excluding carboxylic acids is 1. The van der Waals surface area contributed by atoms with Crippen LogP contribution in [0.4, 0.5) is 5.69 Å². The zero-order valence-electron chi connectivity index (χ0n) is 14.5. The molecule has 3 N–H and O–H groups in total. The van der Waals surface area contributed by atoms with Crippen molar-refractivity contribution in [2.45, 2.75) is 26.7 Å². The summed E-state index contributed by atoms with van der Waals surface area (Å²) in [6.45, 7) is 5.93. The molecule has 2 aromatic carbocycles. The fraction of sp³-hybridized carbons (Fsp3) is 0.263. The van der Waals surface area contributed by atoms with Crippen LogP contribution in [0.2, 0.25) is 0 Å². The van der Waals surface area contributed by atoms with Gasteiger partial charge in [-0.3, -0.25) is 4.79 Å². The molecule has 0 unspecified atom stereocenters. The predicted octanol–water partition coefficient (Wildman–Crippen LogP) is 4.07. The standard InChI is InChI=1S/C19H22BrN3O2/c1-12(2)14-7-8-18(17(20)10-14)25-11-19(24)23-22-13(3)15-5-4-6-16(21)9-15/h4-10,12H,11,21H2,1-3H3,(H,23,24)/b22-13+. The highest BCUT2D eigenvalue weighted by molar-refractivity contribution is 9.10. The quantitative estimate of drug-likeness (QED) is 0.433. The molecule has 0 saturated heterocycles. The zero-order chi connectivity index (χ0) is 18.4.